The topological polar surface area (TPSA) is 52.1 Å². The van der Waals surface area contributed by atoms with Gasteiger partial charge in [0.05, 0.1) is 11.0 Å². The first-order valence-electron chi connectivity index (χ1n) is 5.19. The molecule has 0 atom stereocenters. The van der Waals surface area contributed by atoms with E-state index in [1.807, 2.05) is 6.26 Å². The molecule has 0 aliphatic carbocycles. The van der Waals surface area contributed by atoms with Crippen molar-refractivity contribution in [1.82, 2.24) is 9.97 Å². The number of esters is 1. The highest BCUT2D eigenvalue weighted by Gasteiger charge is 2.24. The number of hydrogen-bond donors (Lipinski definition) is 0. The van der Waals surface area contributed by atoms with E-state index in [9.17, 15) is 4.79 Å². The zero-order valence-electron chi connectivity index (χ0n) is 10.6. The van der Waals surface area contributed by atoms with Crippen molar-refractivity contribution in [2.75, 3.05) is 6.26 Å². The lowest BCUT2D eigenvalue weighted by Gasteiger charge is -2.17. The molecule has 1 aromatic heterocycles. The van der Waals surface area contributed by atoms with Crippen LogP contribution in [-0.4, -0.2) is 22.2 Å². The molecule has 0 N–H and O–H groups in total. The summed E-state index contributed by atoms with van der Waals surface area (Å²) in [6.07, 6.45) is 1.82. The molecule has 4 nitrogen and oxygen atoms in total. The lowest BCUT2D eigenvalue weighted by atomic mass is 9.97. The molecule has 0 aromatic carbocycles. The molecule has 0 saturated carbocycles. The average molecular weight is 309 g/mol. The summed E-state index contributed by atoms with van der Waals surface area (Å²) in [5, 5.41) is 0.901. The maximum absolute atomic E-state index is 11.6. The molecule has 1 aromatic rings. The standard InChI is InChI=1S/C11H14Cl2N2O2S/c1-11(2,3)9(16)17-5-6-7(12)14-10(18-4)15-8(6)13/h5H2,1-4H3. The van der Waals surface area contributed by atoms with E-state index in [1.165, 1.54) is 11.8 Å². The number of ether oxygens (including phenoxy) is 1. The molecule has 0 amide bonds. The minimum Gasteiger partial charge on any atom is -0.460 e. The maximum Gasteiger partial charge on any atom is 0.311 e. The number of carbonyl (C=O) groups excluding carboxylic acids is 1. The predicted octanol–water partition coefficient (Wildman–Crippen LogP) is 3.59. The molecule has 0 unspecified atom stereocenters. The minimum atomic E-state index is -0.570. The summed E-state index contributed by atoms with van der Waals surface area (Å²) in [6.45, 7) is 5.28. The van der Waals surface area contributed by atoms with Gasteiger partial charge in [-0.1, -0.05) is 35.0 Å². The Morgan fingerprint density at radius 1 is 1.28 bits per heavy atom. The van der Waals surface area contributed by atoms with Crippen molar-refractivity contribution >= 4 is 40.9 Å². The fourth-order valence-electron chi connectivity index (χ4n) is 0.978. The van der Waals surface area contributed by atoms with Gasteiger partial charge in [0.2, 0.25) is 0 Å². The normalized spacial score (nSPS) is 11.4. The maximum atomic E-state index is 11.6. The van der Waals surface area contributed by atoms with Crippen LogP contribution in [0.4, 0.5) is 0 Å². The van der Waals surface area contributed by atoms with Gasteiger partial charge in [0.1, 0.15) is 16.9 Å². The quantitative estimate of drug-likeness (QED) is 0.369. The lowest BCUT2D eigenvalue weighted by Crippen LogP contribution is -2.23. The summed E-state index contributed by atoms with van der Waals surface area (Å²) in [6, 6.07) is 0. The molecule has 7 heteroatoms. The number of thioether (sulfide) groups is 1. The van der Waals surface area contributed by atoms with Gasteiger partial charge in [-0.15, -0.1) is 0 Å². The molecule has 0 aliphatic rings. The molecule has 1 rings (SSSR count). The largest absolute Gasteiger partial charge is 0.460 e. The zero-order valence-corrected chi connectivity index (χ0v) is 12.9. The molecular formula is C11H14Cl2N2O2S. The Kier molecular flexibility index (Phi) is 5.25. The number of halogens is 2. The van der Waals surface area contributed by atoms with Crippen LogP contribution in [0.15, 0.2) is 5.16 Å². The van der Waals surface area contributed by atoms with Crippen LogP contribution in [-0.2, 0) is 16.1 Å². The van der Waals surface area contributed by atoms with Crippen molar-refractivity contribution in [3.63, 3.8) is 0 Å². The first kappa shape index (κ1) is 15.5. The van der Waals surface area contributed by atoms with E-state index in [1.54, 1.807) is 20.8 Å². The molecule has 0 fully saturated rings. The van der Waals surface area contributed by atoms with E-state index in [0.29, 0.717) is 10.7 Å². The van der Waals surface area contributed by atoms with Gasteiger partial charge in [-0.3, -0.25) is 4.79 Å². The Hall–Kier alpha value is -0.520. The Labute approximate surface area is 120 Å². The van der Waals surface area contributed by atoms with Crippen molar-refractivity contribution < 1.29 is 9.53 Å². The molecule has 1 heterocycles. The van der Waals surface area contributed by atoms with Gasteiger partial charge in [-0.25, -0.2) is 9.97 Å². The van der Waals surface area contributed by atoms with Crippen molar-refractivity contribution in [2.24, 2.45) is 5.41 Å². The summed E-state index contributed by atoms with van der Waals surface area (Å²) in [7, 11) is 0. The van der Waals surface area contributed by atoms with Gasteiger partial charge in [-0.05, 0) is 27.0 Å². The molecule has 0 bridgehead atoms. The Bertz CT molecular complexity index is 438. The zero-order chi connectivity index (χ0) is 13.9. The van der Waals surface area contributed by atoms with Gasteiger partial charge >= 0.3 is 5.97 Å². The van der Waals surface area contributed by atoms with Gasteiger partial charge in [0.25, 0.3) is 0 Å². The Balaban J connectivity index is 2.83. The number of rotatable bonds is 3. The second-order valence-corrected chi connectivity index (χ2v) is 6.09. The van der Waals surface area contributed by atoms with E-state index in [4.69, 9.17) is 27.9 Å². The molecular weight excluding hydrogens is 295 g/mol. The van der Waals surface area contributed by atoms with E-state index in [0.717, 1.165) is 0 Å². The molecule has 18 heavy (non-hydrogen) atoms. The van der Waals surface area contributed by atoms with Gasteiger partial charge in [0.15, 0.2) is 5.16 Å². The monoisotopic (exact) mass is 308 g/mol. The van der Waals surface area contributed by atoms with Gasteiger partial charge in [-0.2, -0.15) is 0 Å². The summed E-state index contributed by atoms with van der Waals surface area (Å²) < 4.78 is 5.13. The number of aromatic nitrogens is 2. The second-order valence-electron chi connectivity index (χ2n) is 4.60. The fraction of sp³-hybridized carbons (Fsp3) is 0.545. The lowest BCUT2D eigenvalue weighted by molar-refractivity contribution is -0.154. The third-order valence-electron chi connectivity index (χ3n) is 2.03. The third kappa shape index (κ3) is 4.00. The van der Waals surface area contributed by atoms with Crippen LogP contribution in [0.5, 0.6) is 0 Å². The number of nitrogens with zero attached hydrogens (tertiary/aromatic N) is 2. The average Bonchev–Trinajstić information content (AvgIpc) is 2.25. The molecule has 100 valence electrons. The van der Waals surface area contributed by atoms with Crippen LogP contribution in [0, 0.1) is 5.41 Å². The summed E-state index contributed by atoms with van der Waals surface area (Å²) in [5.74, 6) is -0.330. The van der Waals surface area contributed by atoms with Crippen molar-refractivity contribution in [1.29, 1.82) is 0 Å². The Morgan fingerprint density at radius 3 is 2.17 bits per heavy atom. The van der Waals surface area contributed by atoms with E-state index in [2.05, 4.69) is 9.97 Å². The molecule has 0 saturated heterocycles. The van der Waals surface area contributed by atoms with E-state index in [-0.39, 0.29) is 22.9 Å². The smallest absolute Gasteiger partial charge is 0.311 e. The first-order valence-corrected chi connectivity index (χ1v) is 7.17. The highest BCUT2D eigenvalue weighted by atomic mass is 35.5. The van der Waals surface area contributed by atoms with E-state index >= 15 is 0 Å². The predicted molar refractivity (Wildman–Crippen MR) is 73.1 cm³/mol. The van der Waals surface area contributed by atoms with Crippen molar-refractivity contribution in [2.45, 2.75) is 32.5 Å². The summed E-state index contributed by atoms with van der Waals surface area (Å²) >= 11 is 13.3. The second kappa shape index (κ2) is 6.08. The Morgan fingerprint density at radius 2 is 1.78 bits per heavy atom. The first-order chi connectivity index (χ1) is 8.25. The van der Waals surface area contributed by atoms with Crippen LogP contribution >= 0.6 is 35.0 Å². The van der Waals surface area contributed by atoms with E-state index < -0.39 is 5.41 Å². The van der Waals surface area contributed by atoms with Crippen LogP contribution in [0.1, 0.15) is 26.3 Å². The molecule has 0 spiro atoms. The van der Waals surface area contributed by atoms with Crippen LogP contribution in [0.3, 0.4) is 0 Å². The fourth-order valence-corrected chi connectivity index (χ4v) is 1.94. The van der Waals surface area contributed by atoms with Crippen LogP contribution in [0.2, 0.25) is 10.3 Å². The molecule has 0 aliphatic heterocycles. The van der Waals surface area contributed by atoms with Gasteiger partial charge in [0, 0.05) is 0 Å². The summed E-state index contributed by atoms with van der Waals surface area (Å²) in [4.78, 5) is 19.7. The highest BCUT2D eigenvalue weighted by molar-refractivity contribution is 7.98. The van der Waals surface area contributed by atoms with Gasteiger partial charge < -0.3 is 4.74 Å². The molecule has 0 radical (unpaired) electrons. The SMILES string of the molecule is CSc1nc(Cl)c(COC(=O)C(C)(C)C)c(Cl)n1. The number of hydrogen-bond acceptors (Lipinski definition) is 5. The van der Waals surface area contributed by atoms with Crippen molar-refractivity contribution in [3.05, 3.63) is 15.9 Å². The highest BCUT2D eigenvalue weighted by Crippen LogP contribution is 2.26. The van der Waals surface area contributed by atoms with Crippen LogP contribution < -0.4 is 0 Å². The minimum absolute atomic E-state index is 0.0254. The van der Waals surface area contributed by atoms with Crippen molar-refractivity contribution in [3.8, 4) is 0 Å². The number of carbonyl (C=O) groups is 1. The summed E-state index contributed by atoms with van der Waals surface area (Å²) in [5.41, 5.74) is -0.146. The third-order valence-corrected chi connectivity index (χ3v) is 3.20. The van der Waals surface area contributed by atoms with Crippen LogP contribution in [0.25, 0.3) is 0 Å².